The lowest BCUT2D eigenvalue weighted by molar-refractivity contribution is 0.0600. The predicted octanol–water partition coefficient (Wildman–Crippen LogP) is 2.50. The van der Waals surface area contributed by atoms with Crippen LogP contribution in [0.2, 0.25) is 0 Å². The van der Waals surface area contributed by atoms with Crippen LogP contribution in [-0.4, -0.2) is 26.2 Å². The van der Waals surface area contributed by atoms with Crippen LogP contribution in [0.25, 0.3) is 0 Å². The van der Waals surface area contributed by atoms with E-state index >= 15 is 0 Å². The monoisotopic (exact) mass is 273 g/mol. The van der Waals surface area contributed by atoms with Crippen LogP contribution in [0.3, 0.4) is 0 Å². The van der Waals surface area contributed by atoms with E-state index in [2.05, 4.69) is 10.1 Å². The van der Waals surface area contributed by atoms with E-state index in [9.17, 15) is 9.18 Å². The molecule has 5 heteroatoms. The van der Waals surface area contributed by atoms with Crippen molar-refractivity contribution >= 4 is 18.4 Å². The maximum atomic E-state index is 13.5. The fourth-order valence-electron chi connectivity index (χ4n) is 2.24. The van der Waals surface area contributed by atoms with Crippen molar-refractivity contribution in [3.63, 3.8) is 0 Å². The minimum atomic E-state index is -0.486. The second-order valence-corrected chi connectivity index (χ2v) is 4.29. The summed E-state index contributed by atoms with van der Waals surface area (Å²) in [7, 11) is 1.30. The van der Waals surface area contributed by atoms with Crippen LogP contribution in [0, 0.1) is 5.82 Å². The van der Waals surface area contributed by atoms with Crippen LogP contribution >= 0.6 is 12.4 Å². The summed E-state index contributed by atoms with van der Waals surface area (Å²) in [6, 6.07) is 4.48. The normalized spacial score (nSPS) is 15.9. The third-order valence-electron chi connectivity index (χ3n) is 3.15. The summed E-state index contributed by atoms with van der Waals surface area (Å²) >= 11 is 0. The molecule has 0 amide bonds. The molecular weight excluding hydrogens is 257 g/mol. The molecule has 1 aromatic rings. The lowest BCUT2D eigenvalue weighted by Crippen LogP contribution is -2.26. The highest BCUT2D eigenvalue weighted by atomic mass is 35.5. The van der Waals surface area contributed by atoms with E-state index in [1.807, 2.05) is 0 Å². The second kappa shape index (κ2) is 6.71. The molecule has 3 nitrogen and oxygen atoms in total. The van der Waals surface area contributed by atoms with Crippen molar-refractivity contribution in [1.82, 2.24) is 5.32 Å². The first-order chi connectivity index (χ1) is 8.20. The Balaban J connectivity index is 0.00000162. The molecule has 1 fully saturated rings. The molecule has 0 radical (unpaired) electrons. The summed E-state index contributed by atoms with van der Waals surface area (Å²) in [5, 5.41) is 3.26. The Bertz CT molecular complexity index is 419. The van der Waals surface area contributed by atoms with Gasteiger partial charge in [-0.25, -0.2) is 9.18 Å². The second-order valence-electron chi connectivity index (χ2n) is 4.29. The number of halogens is 2. The average Bonchev–Trinajstić information content (AvgIpc) is 2.38. The number of benzene rings is 1. The molecule has 1 N–H and O–H groups in total. The van der Waals surface area contributed by atoms with Gasteiger partial charge in [0.2, 0.25) is 0 Å². The first kappa shape index (κ1) is 14.9. The van der Waals surface area contributed by atoms with E-state index in [0.717, 1.165) is 31.5 Å². The Morgan fingerprint density at radius 2 is 2.00 bits per heavy atom. The molecule has 0 aliphatic carbocycles. The highest BCUT2D eigenvalue weighted by Gasteiger charge is 2.18. The van der Waals surface area contributed by atoms with Crippen LogP contribution in [0.15, 0.2) is 18.2 Å². The Morgan fingerprint density at radius 3 is 2.61 bits per heavy atom. The lowest BCUT2D eigenvalue weighted by Gasteiger charge is -2.23. The zero-order chi connectivity index (χ0) is 12.3. The maximum absolute atomic E-state index is 13.5. The summed E-state index contributed by atoms with van der Waals surface area (Å²) in [5.74, 6) is -0.531. The van der Waals surface area contributed by atoms with E-state index in [1.54, 1.807) is 6.07 Å². The molecule has 0 spiro atoms. The zero-order valence-corrected chi connectivity index (χ0v) is 11.1. The summed E-state index contributed by atoms with van der Waals surface area (Å²) < 4.78 is 18.1. The number of piperidine rings is 1. The van der Waals surface area contributed by atoms with Gasteiger partial charge in [0.05, 0.1) is 12.7 Å². The van der Waals surface area contributed by atoms with Crippen LogP contribution in [-0.2, 0) is 4.74 Å². The number of carbonyl (C=O) groups is 1. The van der Waals surface area contributed by atoms with Crippen molar-refractivity contribution in [2.24, 2.45) is 0 Å². The number of nitrogens with one attached hydrogen (secondary N) is 1. The van der Waals surface area contributed by atoms with E-state index in [1.165, 1.54) is 19.2 Å². The smallest absolute Gasteiger partial charge is 0.337 e. The van der Waals surface area contributed by atoms with Gasteiger partial charge in [-0.3, -0.25) is 0 Å². The van der Waals surface area contributed by atoms with Crippen LogP contribution in [0.4, 0.5) is 4.39 Å². The minimum absolute atomic E-state index is 0. The molecule has 0 unspecified atom stereocenters. The van der Waals surface area contributed by atoms with Gasteiger partial charge in [0.25, 0.3) is 0 Å². The summed E-state index contributed by atoms with van der Waals surface area (Å²) in [5.41, 5.74) is 1.19. The Hall–Kier alpha value is -1.13. The van der Waals surface area contributed by atoms with Crippen molar-refractivity contribution in [2.45, 2.75) is 18.8 Å². The Labute approximate surface area is 112 Å². The number of hydrogen-bond acceptors (Lipinski definition) is 3. The van der Waals surface area contributed by atoms with Crippen molar-refractivity contribution in [2.75, 3.05) is 20.2 Å². The van der Waals surface area contributed by atoms with Crippen molar-refractivity contribution in [3.05, 3.63) is 35.1 Å². The quantitative estimate of drug-likeness (QED) is 0.842. The highest BCUT2D eigenvalue weighted by Crippen LogP contribution is 2.26. The van der Waals surface area contributed by atoms with Gasteiger partial charge in [-0.05, 0) is 55.6 Å². The molecule has 0 atom stereocenters. The maximum Gasteiger partial charge on any atom is 0.337 e. The van der Waals surface area contributed by atoms with Gasteiger partial charge in [-0.15, -0.1) is 12.4 Å². The molecule has 0 aromatic heterocycles. The summed E-state index contributed by atoms with van der Waals surface area (Å²) in [6.07, 6.45) is 1.95. The molecule has 0 bridgehead atoms. The molecule has 18 heavy (non-hydrogen) atoms. The molecule has 1 saturated heterocycles. The number of methoxy groups -OCH3 is 1. The van der Waals surface area contributed by atoms with Crippen LogP contribution in [0.1, 0.15) is 34.7 Å². The molecule has 1 heterocycles. The zero-order valence-electron chi connectivity index (χ0n) is 10.2. The van der Waals surface area contributed by atoms with Gasteiger partial charge in [-0.1, -0.05) is 0 Å². The summed E-state index contributed by atoms with van der Waals surface area (Å²) in [4.78, 5) is 11.4. The van der Waals surface area contributed by atoms with Gasteiger partial charge in [0.1, 0.15) is 5.82 Å². The van der Waals surface area contributed by atoms with Crippen molar-refractivity contribution in [1.29, 1.82) is 0 Å². The fourth-order valence-corrected chi connectivity index (χ4v) is 2.24. The molecule has 1 aliphatic rings. The molecule has 100 valence electrons. The summed E-state index contributed by atoms with van der Waals surface area (Å²) in [6.45, 7) is 1.88. The van der Waals surface area contributed by atoms with Crippen LogP contribution < -0.4 is 5.32 Å². The van der Waals surface area contributed by atoms with Gasteiger partial charge in [0, 0.05) is 0 Å². The standard InChI is InChI=1S/C13H16FNO2.ClH/c1-17-13(16)11-6-10(7-12(14)8-11)9-2-4-15-5-3-9;/h6-9,15H,2-5H2,1H3;1H. The van der Waals surface area contributed by atoms with Gasteiger partial charge in [-0.2, -0.15) is 0 Å². The van der Waals surface area contributed by atoms with Gasteiger partial charge in [0.15, 0.2) is 0 Å². The number of rotatable bonds is 2. The number of carbonyl (C=O) groups excluding carboxylic acids is 1. The molecule has 2 rings (SSSR count). The number of ether oxygens (including phenoxy) is 1. The first-order valence-corrected chi connectivity index (χ1v) is 5.80. The molecule has 1 aromatic carbocycles. The Kier molecular flexibility index (Phi) is 5.56. The molecule has 0 saturated carbocycles. The van der Waals surface area contributed by atoms with Gasteiger partial charge < -0.3 is 10.1 Å². The highest BCUT2D eigenvalue weighted by molar-refractivity contribution is 5.89. The number of esters is 1. The SMILES string of the molecule is COC(=O)c1cc(F)cc(C2CCNCC2)c1.Cl. The fraction of sp³-hybridized carbons (Fsp3) is 0.462. The molecular formula is C13H17ClFNO2. The minimum Gasteiger partial charge on any atom is -0.465 e. The third-order valence-corrected chi connectivity index (χ3v) is 3.15. The largest absolute Gasteiger partial charge is 0.465 e. The third kappa shape index (κ3) is 3.43. The molecule has 1 aliphatic heterocycles. The van der Waals surface area contributed by atoms with E-state index in [0.29, 0.717) is 11.5 Å². The Morgan fingerprint density at radius 1 is 1.33 bits per heavy atom. The van der Waals surface area contributed by atoms with Crippen LogP contribution in [0.5, 0.6) is 0 Å². The average molecular weight is 274 g/mol. The van der Waals surface area contributed by atoms with Gasteiger partial charge >= 0.3 is 5.97 Å². The van der Waals surface area contributed by atoms with Crippen molar-refractivity contribution < 1.29 is 13.9 Å². The van der Waals surface area contributed by atoms with E-state index < -0.39 is 5.97 Å². The van der Waals surface area contributed by atoms with E-state index in [4.69, 9.17) is 0 Å². The topological polar surface area (TPSA) is 38.3 Å². The predicted molar refractivity (Wildman–Crippen MR) is 69.8 cm³/mol. The lowest BCUT2D eigenvalue weighted by atomic mass is 9.89. The number of hydrogen-bond donors (Lipinski definition) is 1. The first-order valence-electron chi connectivity index (χ1n) is 5.80. The van der Waals surface area contributed by atoms with E-state index in [-0.39, 0.29) is 18.2 Å². The van der Waals surface area contributed by atoms with Crippen molar-refractivity contribution in [3.8, 4) is 0 Å².